The molecule has 1 saturated heterocycles. The first-order valence-electron chi connectivity index (χ1n) is 13.9. The molecule has 8 heteroatoms. The van der Waals surface area contributed by atoms with E-state index in [0.29, 0.717) is 22.6 Å². The van der Waals surface area contributed by atoms with Gasteiger partial charge in [-0.05, 0) is 54.0 Å². The quantitative estimate of drug-likeness (QED) is 0.255. The molecule has 0 spiro atoms. The minimum atomic E-state index is -1.13. The Morgan fingerprint density at radius 3 is 2.22 bits per heavy atom. The minimum Gasteiger partial charge on any atom is -0.480 e. The lowest BCUT2D eigenvalue weighted by Crippen LogP contribution is -2.42. The molecular formula is C33H33ClN4O3. The van der Waals surface area contributed by atoms with Gasteiger partial charge in [0.05, 0.1) is 0 Å². The van der Waals surface area contributed by atoms with Crippen LogP contribution in [0.1, 0.15) is 46.9 Å². The van der Waals surface area contributed by atoms with Crippen molar-refractivity contribution >= 4 is 29.3 Å². The topological polar surface area (TPSA) is 95.4 Å². The number of carboxylic acid groups (broad SMARTS) is 1. The molecule has 41 heavy (non-hydrogen) atoms. The first kappa shape index (κ1) is 28.3. The number of benzene rings is 3. The number of hydrogen-bond acceptors (Lipinski definition) is 5. The van der Waals surface area contributed by atoms with Gasteiger partial charge in [-0.3, -0.25) is 4.79 Å². The van der Waals surface area contributed by atoms with Gasteiger partial charge in [-0.25, -0.2) is 14.8 Å². The predicted octanol–water partition coefficient (Wildman–Crippen LogP) is 6.05. The molecule has 4 aromatic rings. The summed E-state index contributed by atoms with van der Waals surface area (Å²) in [6.45, 7) is 3.91. The molecule has 0 saturated carbocycles. The van der Waals surface area contributed by atoms with E-state index in [1.54, 1.807) is 30.3 Å². The van der Waals surface area contributed by atoms with E-state index in [0.717, 1.165) is 49.0 Å². The summed E-state index contributed by atoms with van der Waals surface area (Å²) < 4.78 is 0. The molecule has 1 aromatic heterocycles. The van der Waals surface area contributed by atoms with Gasteiger partial charge in [0.2, 0.25) is 0 Å². The van der Waals surface area contributed by atoms with Gasteiger partial charge >= 0.3 is 5.97 Å². The Kier molecular flexibility index (Phi) is 8.95. The molecule has 7 nitrogen and oxygen atoms in total. The van der Waals surface area contributed by atoms with Crippen LogP contribution in [0.2, 0.25) is 5.02 Å². The Hall–Kier alpha value is -4.23. The largest absolute Gasteiger partial charge is 0.480 e. The average Bonchev–Trinajstić information content (AvgIpc) is 2.99. The molecule has 1 fully saturated rings. The molecular weight excluding hydrogens is 536 g/mol. The number of piperidine rings is 1. The van der Waals surface area contributed by atoms with Crippen LogP contribution in [0.4, 0.5) is 5.82 Å². The SMILES string of the molecule is CC1CCN(c2cc(C(=O)NC(Cc3ccc(Cl)cc3)C(=O)O)nc(-c3ccc(Cc4ccccc4)cc3)n2)CC1. The van der Waals surface area contributed by atoms with Crippen molar-refractivity contribution < 1.29 is 14.7 Å². The highest BCUT2D eigenvalue weighted by Crippen LogP contribution is 2.26. The molecule has 2 N–H and O–H groups in total. The molecule has 1 aliphatic rings. The molecule has 3 aromatic carbocycles. The number of anilines is 1. The Labute approximate surface area is 245 Å². The summed E-state index contributed by atoms with van der Waals surface area (Å²) in [4.78, 5) is 37.1. The molecule has 0 radical (unpaired) electrons. The number of rotatable bonds is 9. The lowest BCUT2D eigenvalue weighted by molar-refractivity contribution is -0.139. The maximum Gasteiger partial charge on any atom is 0.326 e. The van der Waals surface area contributed by atoms with E-state index in [1.807, 2.05) is 42.5 Å². The summed E-state index contributed by atoms with van der Waals surface area (Å²) in [5.41, 5.74) is 4.07. The van der Waals surface area contributed by atoms with E-state index >= 15 is 0 Å². The normalized spacial score (nSPS) is 14.4. The zero-order chi connectivity index (χ0) is 28.8. The van der Waals surface area contributed by atoms with Gasteiger partial charge in [-0.2, -0.15) is 0 Å². The summed E-state index contributed by atoms with van der Waals surface area (Å²) in [5.74, 6) is 0.0629. The average molecular weight is 569 g/mol. The number of nitrogens with one attached hydrogen (secondary N) is 1. The second kappa shape index (κ2) is 13.0. The van der Waals surface area contributed by atoms with Crippen LogP contribution in [0.3, 0.4) is 0 Å². The van der Waals surface area contributed by atoms with Gasteiger partial charge in [-0.15, -0.1) is 0 Å². The fraction of sp³-hybridized carbons (Fsp3) is 0.273. The fourth-order valence-corrected chi connectivity index (χ4v) is 5.10. The number of aromatic nitrogens is 2. The molecule has 1 unspecified atom stereocenters. The Balaban J connectivity index is 1.41. The van der Waals surface area contributed by atoms with Crippen molar-refractivity contribution in [3.8, 4) is 11.4 Å². The van der Waals surface area contributed by atoms with Crippen LogP contribution in [0.5, 0.6) is 0 Å². The van der Waals surface area contributed by atoms with Crippen molar-refractivity contribution in [1.82, 2.24) is 15.3 Å². The van der Waals surface area contributed by atoms with Crippen LogP contribution in [-0.4, -0.2) is 46.1 Å². The maximum absolute atomic E-state index is 13.4. The molecule has 1 atom stereocenters. The van der Waals surface area contributed by atoms with E-state index in [4.69, 9.17) is 16.6 Å². The van der Waals surface area contributed by atoms with Gasteiger partial charge in [0.25, 0.3) is 5.91 Å². The highest BCUT2D eigenvalue weighted by molar-refractivity contribution is 6.30. The maximum atomic E-state index is 13.4. The number of carboxylic acids is 1. The number of nitrogens with zero attached hydrogens (tertiary/aromatic N) is 3. The van der Waals surface area contributed by atoms with E-state index in [9.17, 15) is 14.7 Å². The van der Waals surface area contributed by atoms with Crippen LogP contribution >= 0.6 is 11.6 Å². The third-order valence-corrected chi connectivity index (χ3v) is 7.72. The van der Waals surface area contributed by atoms with Gasteiger partial charge in [0.1, 0.15) is 17.6 Å². The number of carbonyl (C=O) groups excluding carboxylic acids is 1. The van der Waals surface area contributed by atoms with Gasteiger partial charge < -0.3 is 15.3 Å². The number of carbonyl (C=O) groups is 2. The summed E-state index contributed by atoms with van der Waals surface area (Å²) >= 11 is 5.97. The van der Waals surface area contributed by atoms with Crippen molar-refractivity contribution in [1.29, 1.82) is 0 Å². The third-order valence-electron chi connectivity index (χ3n) is 7.47. The number of amides is 1. The van der Waals surface area contributed by atoms with Crippen LogP contribution in [-0.2, 0) is 17.6 Å². The zero-order valence-electron chi connectivity index (χ0n) is 23.0. The number of hydrogen-bond donors (Lipinski definition) is 2. The third kappa shape index (κ3) is 7.50. The second-order valence-electron chi connectivity index (χ2n) is 10.7. The van der Waals surface area contributed by atoms with Crippen LogP contribution in [0.15, 0.2) is 84.9 Å². The van der Waals surface area contributed by atoms with Crippen LogP contribution < -0.4 is 10.2 Å². The summed E-state index contributed by atoms with van der Waals surface area (Å²) in [7, 11) is 0. The molecule has 2 heterocycles. The molecule has 1 aliphatic heterocycles. The molecule has 0 aliphatic carbocycles. The standard InChI is InChI=1S/C33H33ClN4O3/c1-22-15-17-38(18-16-22)30-21-28(32(39)36-29(33(40)41)20-25-9-13-27(34)14-10-25)35-31(37-30)26-11-7-24(8-12-26)19-23-5-3-2-4-6-23/h2-14,21-22,29H,15-20H2,1H3,(H,36,39)(H,40,41). The predicted molar refractivity (Wildman–Crippen MR) is 161 cm³/mol. The Morgan fingerprint density at radius 1 is 0.927 bits per heavy atom. The summed E-state index contributed by atoms with van der Waals surface area (Å²) in [5, 5.41) is 13.1. The highest BCUT2D eigenvalue weighted by atomic mass is 35.5. The molecule has 5 rings (SSSR count). The number of aliphatic carboxylic acids is 1. The van der Waals surface area contributed by atoms with E-state index in [1.165, 1.54) is 5.56 Å². The van der Waals surface area contributed by atoms with E-state index in [-0.39, 0.29) is 12.1 Å². The van der Waals surface area contributed by atoms with Crippen molar-refractivity contribution in [3.05, 3.63) is 112 Å². The van der Waals surface area contributed by atoms with Crippen LogP contribution in [0, 0.1) is 5.92 Å². The van der Waals surface area contributed by atoms with Crippen molar-refractivity contribution in [2.75, 3.05) is 18.0 Å². The van der Waals surface area contributed by atoms with Crippen LogP contribution in [0.25, 0.3) is 11.4 Å². The van der Waals surface area contributed by atoms with Crippen molar-refractivity contribution in [2.24, 2.45) is 5.92 Å². The van der Waals surface area contributed by atoms with Crippen molar-refractivity contribution in [3.63, 3.8) is 0 Å². The molecule has 1 amide bonds. The summed E-state index contributed by atoms with van der Waals surface area (Å²) in [6, 6.07) is 25.7. The zero-order valence-corrected chi connectivity index (χ0v) is 23.7. The van der Waals surface area contributed by atoms with E-state index in [2.05, 4.69) is 34.3 Å². The Bertz CT molecular complexity index is 1490. The van der Waals surface area contributed by atoms with Crippen molar-refractivity contribution in [2.45, 2.75) is 38.6 Å². The summed E-state index contributed by atoms with van der Waals surface area (Å²) in [6.07, 6.45) is 3.01. The van der Waals surface area contributed by atoms with E-state index < -0.39 is 17.9 Å². The molecule has 0 bridgehead atoms. The second-order valence-corrected chi connectivity index (χ2v) is 11.1. The molecule has 210 valence electrons. The Morgan fingerprint density at radius 2 is 1.56 bits per heavy atom. The lowest BCUT2D eigenvalue weighted by Gasteiger charge is -2.31. The first-order valence-corrected chi connectivity index (χ1v) is 14.3. The van der Waals surface area contributed by atoms with Gasteiger partial charge in [0, 0.05) is 36.2 Å². The van der Waals surface area contributed by atoms with Gasteiger partial charge in [0.15, 0.2) is 5.82 Å². The monoisotopic (exact) mass is 568 g/mol. The lowest BCUT2D eigenvalue weighted by atomic mass is 9.99. The fourth-order valence-electron chi connectivity index (χ4n) is 4.97. The van der Waals surface area contributed by atoms with Gasteiger partial charge in [-0.1, -0.05) is 85.3 Å². The number of halogens is 1. The highest BCUT2D eigenvalue weighted by Gasteiger charge is 2.25. The smallest absolute Gasteiger partial charge is 0.326 e. The minimum absolute atomic E-state index is 0.121. The first-order chi connectivity index (χ1) is 19.8.